The van der Waals surface area contributed by atoms with E-state index in [9.17, 15) is 0 Å². The van der Waals surface area contributed by atoms with Gasteiger partial charge in [0.2, 0.25) is 0 Å². The maximum Gasteiger partial charge on any atom is 0.140 e. The Morgan fingerprint density at radius 2 is 2.27 bits per heavy atom. The van der Waals surface area contributed by atoms with Crippen LogP contribution >= 0.6 is 15.9 Å². The number of hydrogen-bond acceptors (Lipinski definition) is 3. The van der Waals surface area contributed by atoms with Crippen molar-refractivity contribution < 1.29 is 0 Å². The molecule has 84 valence electrons. The van der Waals surface area contributed by atoms with Gasteiger partial charge < -0.3 is 10.2 Å². The van der Waals surface area contributed by atoms with Crippen LogP contribution in [0.25, 0.3) is 0 Å². The molecule has 0 amide bonds. The van der Waals surface area contributed by atoms with Crippen LogP contribution in [0.2, 0.25) is 0 Å². The zero-order valence-electron chi connectivity index (χ0n) is 9.50. The van der Waals surface area contributed by atoms with Crippen LogP contribution in [0.5, 0.6) is 0 Å². The fourth-order valence-corrected chi connectivity index (χ4v) is 1.62. The van der Waals surface area contributed by atoms with Gasteiger partial charge in [0.05, 0.1) is 4.47 Å². The highest BCUT2D eigenvalue weighted by molar-refractivity contribution is 9.10. The summed E-state index contributed by atoms with van der Waals surface area (Å²) in [5.74, 6) is 0.920. The van der Waals surface area contributed by atoms with Crippen molar-refractivity contribution in [3.63, 3.8) is 0 Å². The lowest BCUT2D eigenvalue weighted by Gasteiger charge is -2.17. The second-order valence-electron chi connectivity index (χ2n) is 3.97. The van der Waals surface area contributed by atoms with E-state index in [0.29, 0.717) is 6.04 Å². The quantitative estimate of drug-likeness (QED) is 0.893. The van der Waals surface area contributed by atoms with Crippen molar-refractivity contribution in [1.82, 2.24) is 9.88 Å². The molecule has 1 unspecified atom stereocenters. The largest absolute Gasteiger partial charge is 0.367 e. The number of nitrogens with one attached hydrogen (secondary N) is 1. The smallest absolute Gasteiger partial charge is 0.140 e. The lowest BCUT2D eigenvalue weighted by atomic mass is 10.2. The predicted octanol–water partition coefficient (Wildman–Crippen LogP) is 2.60. The van der Waals surface area contributed by atoms with Crippen molar-refractivity contribution in [3.8, 4) is 0 Å². The van der Waals surface area contributed by atoms with E-state index >= 15 is 0 Å². The average molecular weight is 272 g/mol. The van der Waals surface area contributed by atoms with Gasteiger partial charge in [-0.2, -0.15) is 0 Å². The van der Waals surface area contributed by atoms with Crippen molar-refractivity contribution in [2.75, 3.05) is 26.0 Å². The second kappa shape index (κ2) is 6.08. The minimum absolute atomic E-state index is 0.429. The number of hydrogen-bond donors (Lipinski definition) is 1. The van der Waals surface area contributed by atoms with Gasteiger partial charge in [-0.15, -0.1) is 0 Å². The number of aromatic nitrogens is 1. The second-order valence-corrected chi connectivity index (χ2v) is 4.83. The van der Waals surface area contributed by atoms with Gasteiger partial charge in [-0.1, -0.05) is 0 Å². The fourth-order valence-electron chi connectivity index (χ4n) is 1.25. The molecular formula is C11H18BrN3. The maximum absolute atomic E-state index is 4.27. The Balaban J connectivity index is 2.44. The van der Waals surface area contributed by atoms with Crippen molar-refractivity contribution >= 4 is 21.7 Å². The predicted molar refractivity (Wildman–Crippen MR) is 68.2 cm³/mol. The van der Waals surface area contributed by atoms with Gasteiger partial charge in [0.1, 0.15) is 5.82 Å². The van der Waals surface area contributed by atoms with E-state index in [0.717, 1.165) is 23.3 Å². The Morgan fingerprint density at radius 3 is 2.87 bits per heavy atom. The highest BCUT2D eigenvalue weighted by Crippen LogP contribution is 2.19. The summed E-state index contributed by atoms with van der Waals surface area (Å²) in [5.41, 5.74) is 0. The summed E-state index contributed by atoms with van der Waals surface area (Å²) in [6, 6.07) is 4.34. The maximum atomic E-state index is 4.27. The van der Waals surface area contributed by atoms with Crippen LogP contribution < -0.4 is 5.32 Å². The average Bonchev–Trinajstić information content (AvgIpc) is 2.18. The minimum atomic E-state index is 0.429. The Labute approximate surface area is 100 Å². The Morgan fingerprint density at radius 1 is 1.53 bits per heavy atom. The van der Waals surface area contributed by atoms with Crippen LogP contribution in [0, 0.1) is 0 Å². The van der Waals surface area contributed by atoms with E-state index < -0.39 is 0 Å². The molecule has 0 saturated heterocycles. The number of nitrogens with zero attached hydrogens (tertiary/aromatic N) is 2. The van der Waals surface area contributed by atoms with Crippen LogP contribution in [0.3, 0.4) is 0 Å². The molecule has 0 spiro atoms. The summed E-state index contributed by atoms with van der Waals surface area (Å²) in [6.07, 6.45) is 2.90. The molecule has 0 saturated carbocycles. The number of anilines is 1. The molecule has 1 N–H and O–H groups in total. The first-order valence-corrected chi connectivity index (χ1v) is 5.90. The van der Waals surface area contributed by atoms with Crippen molar-refractivity contribution in [3.05, 3.63) is 22.8 Å². The monoisotopic (exact) mass is 271 g/mol. The molecule has 0 fully saturated rings. The summed E-state index contributed by atoms with van der Waals surface area (Å²) in [6.45, 7) is 3.25. The third kappa shape index (κ3) is 4.62. The van der Waals surface area contributed by atoms with E-state index in [1.54, 1.807) is 6.20 Å². The standard InChI is InChI=1S/C11H18BrN3/c1-9(6-8-15(2)3)14-11-10(12)5-4-7-13-11/h4-5,7,9H,6,8H2,1-3H3,(H,13,14). The van der Waals surface area contributed by atoms with Crippen LogP contribution in [0.15, 0.2) is 22.8 Å². The molecule has 4 heteroatoms. The molecular weight excluding hydrogens is 254 g/mol. The molecule has 1 aromatic rings. The molecule has 1 aromatic heterocycles. The Bertz CT molecular complexity index is 302. The topological polar surface area (TPSA) is 28.2 Å². The molecule has 0 aliphatic heterocycles. The molecule has 1 atom stereocenters. The molecule has 15 heavy (non-hydrogen) atoms. The fraction of sp³-hybridized carbons (Fsp3) is 0.545. The van der Waals surface area contributed by atoms with Gasteiger partial charge in [-0.3, -0.25) is 0 Å². The highest BCUT2D eigenvalue weighted by atomic mass is 79.9. The molecule has 3 nitrogen and oxygen atoms in total. The van der Waals surface area contributed by atoms with Crippen LogP contribution in [-0.2, 0) is 0 Å². The number of rotatable bonds is 5. The van der Waals surface area contributed by atoms with Gasteiger partial charge >= 0.3 is 0 Å². The van der Waals surface area contributed by atoms with Crippen LogP contribution in [0.1, 0.15) is 13.3 Å². The molecule has 1 heterocycles. The zero-order chi connectivity index (χ0) is 11.3. The van der Waals surface area contributed by atoms with Crippen LogP contribution in [0.4, 0.5) is 5.82 Å². The SMILES string of the molecule is CC(CCN(C)C)Nc1ncccc1Br. The van der Waals surface area contributed by atoms with Crippen LogP contribution in [-0.4, -0.2) is 36.6 Å². The van der Waals surface area contributed by atoms with Gasteiger partial charge in [0.15, 0.2) is 0 Å². The van der Waals surface area contributed by atoms with Crippen molar-refractivity contribution in [1.29, 1.82) is 0 Å². The number of pyridine rings is 1. The molecule has 0 aliphatic carbocycles. The zero-order valence-corrected chi connectivity index (χ0v) is 11.1. The van der Waals surface area contributed by atoms with Crippen molar-refractivity contribution in [2.45, 2.75) is 19.4 Å². The molecule has 0 bridgehead atoms. The Hall–Kier alpha value is -0.610. The first kappa shape index (κ1) is 12.5. The third-order valence-corrected chi connectivity index (χ3v) is 2.79. The first-order valence-electron chi connectivity index (χ1n) is 5.11. The first-order chi connectivity index (χ1) is 7.09. The van der Waals surface area contributed by atoms with Gasteiger partial charge in [0, 0.05) is 12.2 Å². The molecule has 0 radical (unpaired) electrons. The minimum Gasteiger partial charge on any atom is -0.367 e. The molecule has 0 aromatic carbocycles. The Kier molecular flexibility index (Phi) is 5.05. The van der Waals surface area contributed by atoms with Crippen molar-refractivity contribution in [2.24, 2.45) is 0 Å². The number of halogens is 1. The van der Waals surface area contributed by atoms with Gasteiger partial charge in [-0.25, -0.2) is 4.98 Å². The summed E-state index contributed by atoms with van der Waals surface area (Å²) in [5, 5.41) is 3.38. The van der Waals surface area contributed by atoms with E-state index in [2.05, 4.69) is 52.1 Å². The summed E-state index contributed by atoms with van der Waals surface area (Å²) < 4.78 is 1.02. The lowest BCUT2D eigenvalue weighted by Crippen LogP contribution is -2.23. The van der Waals surface area contributed by atoms with Gasteiger partial charge in [-0.05, 0) is 62.0 Å². The summed E-state index contributed by atoms with van der Waals surface area (Å²) in [4.78, 5) is 6.46. The third-order valence-electron chi connectivity index (χ3n) is 2.15. The van der Waals surface area contributed by atoms with E-state index in [1.165, 1.54) is 0 Å². The summed E-state index contributed by atoms with van der Waals surface area (Å²) in [7, 11) is 4.17. The normalized spacial score (nSPS) is 12.9. The highest BCUT2D eigenvalue weighted by Gasteiger charge is 2.05. The van der Waals surface area contributed by atoms with E-state index in [4.69, 9.17) is 0 Å². The lowest BCUT2D eigenvalue weighted by molar-refractivity contribution is 0.390. The summed E-state index contributed by atoms with van der Waals surface area (Å²) >= 11 is 3.47. The molecule has 0 aliphatic rings. The van der Waals surface area contributed by atoms with E-state index in [1.807, 2.05) is 12.1 Å². The molecule has 1 rings (SSSR count). The van der Waals surface area contributed by atoms with Gasteiger partial charge in [0.25, 0.3) is 0 Å². The van der Waals surface area contributed by atoms with E-state index in [-0.39, 0.29) is 0 Å².